The highest BCUT2D eigenvalue weighted by Crippen LogP contribution is 2.27. The molecule has 138 valence electrons. The first-order valence-corrected chi connectivity index (χ1v) is 9.99. The second-order valence-electron chi connectivity index (χ2n) is 7.23. The van der Waals surface area contributed by atoms with Gasteiger partial charge in [0.05, 0.1) is 22.3 Å². The fourth-order valence-electron chi connectivity index (χ4n) is 4.22. The van der Waals surface area contributed by atoms with Gasteiger partial charge in [0.25, 0.3) is 0 Å². The maximum absolute atomic E-state index is 12.7. The number of hydrogen-bond donors (Lipinski definition) is 0. The van der Waals surface area contributed by atoms with E-state index >= 15 is 0 Å². The van der Waals surface area contributed by atoms with E-state index < -0.39 is 0 Å². The fraction of sp³-hybridized carbons (Fsp3) is 0.524. The molecule has 3 aromatic rings. The number of carbonyl (C=O) groups excluding carboxylic acids is 1. The Bertz CT molecular complexity index is 930. The summed E-state index contributed by atoms with van der Waals surface area (Å²) in [5.41, 5.74) is 4.98. The molecule has 5 nitrogen and oxygen atoms in total. The van der Waals surface area contributed by atoms with Crippen molar-refractivity contribution in [3.63, 3.8) is 0 Å². The molecule has 1 aromatic carbocycles. The molecule has 2 aromatic heterocycles. The number of nitrogens with zero attached hydrogens (tertiary/aromatic N) is 4. The largest absolute Gasteiger partial charge is 0.322 e. The van der Waals surface area contributed by atoms with Crippen molar-refractivity contribution in [2.75, 3.05) is 19.6 Å². The first kappa shape index (κ1) is 17.3. The lowest BCUT2D eigenvalue weighted by atomic mass is 10.1. The molecule has 0 radical (unpaired) electrons. The Hall–Kier alpha value is -2.14. The fourth-order valence-corrected chi connectivity index (χ4v) is 4.22. The van der Waals surface area contributed by atoms with Crippen LogP contribution in [-0.2, 0) is 13.0 Å². The predicted molar refractivity (Wildman–Crippen MR) is 105 cm³/mol. The first-order valence-electron chi connectivity index (χ1n) is 9.99. The van der Waals surface area contributed by atoms with Gasteiger partial charge in [-0.15, -0.1) is 0 Å². The number of ketones is 1. The van der Waals surface area contributed by atoms with Gasteiger partial charge < -0.3 is 9.47 Å². The summed E-state index contributed by atoms with van der Waals surface area (Å²) in [5.74, 6) is 0.193. The molecule has 0 saturated carbocycles. The monoisotopic (exact) mass is 352 g/mol. The molecular formula is C21H28N4O. The summed E-state index contributed by atoms with van der Waals surface area (Å²) in [5, 5.41) is 4.81. The Morgan fingerprint density at radius 2 is 1.77 bits per heavy atom. The summed E-state index contributed by atoms with van der Waals surface area (Å²) < 4.78 is 4.31. The van der Waals surface area contributed by atoms with E-state index in [1.807, 2.05) is 17.5 Å². The van der Waals surface area contributed by atoms with Gasteiger partial charge in [0.15, 0.2) is 5.78 Å². The minimum Gasteiger partial charge on any atom is -0.322 e. The molecule has 1 fully saturated rings. The summed E-state index contributed by atoms with van der Waals surface area (Å²) >= 11 is 0. The van der Waals surface area contributed by atoms with Crippen LogP contribution in [0.1, 0.15) is 55.6 Å². The molecule has 0 spiro atoms. The van der Waals surface area contributed by atoms with Crippen LogP contribution in [0.25, 0.3) is 16.7 Å². The smallest absolute Gasteiger partial charge is 0.168 e. The quantitative estimate of drug-likeness (QED) is 0.631. The number of aryl methyl sites for hydroxylation is 1. The van der Waals surface area contributed by atoms with E-state index in [2.05, 4.69) is 34.6 Å². The number of likely N-dealkylation sites (tertiary alicyclic amines) is 1. The van der Waals surface area contributed by atoms with Crippen molar-refractivity contribution >= 4 is 22.5 Å². The Morgan fingerprint density at radius 1 is 1.04 bits per heavy atom. The third-order valence-electron chi connectivity index (χ3n) is 5.61. The normalized spacial score (nSPS) is 15.9. The van der Waals surface area contributed by atoms with Gasteiger partial charge in [0.2, 0.25) is 0 Å². The van der Waals surface area contributed by atoms with Crippen LogP contribution >= 0.6 is 0 Å². The molecule has 5 heteroatoms. The van der Waals surface area contributed by atoms with Crippen LogP contribution < -0.4 is 0 Å². The van der Waals surface area contributed by atoms with E-state index in [1.54, 1.807) is 0 Å². The van der Waals surface area contributed by atoms with E-state index in [1.165, 1.54) is 37.9 Å². The van der Waals surface area contributed by atoms with Gasteiger partial charge in [-0.1, -0.05) is 32.4 Å². The number of aromatic nitrogens is 3. The van der Waals surface area contributed by atoms with Gasteiger partial charge in [-0.25, -0.2) is 4.52 Å². The van der Waals surface area contributed by atoms with E-state index in [-0.39, 0.29) is 5.78 Å². The molecule has 0 unspecified atom stereocenters. The maximum Gasteiger partial charge on any atom is 0.168 e. The summed E-state index contributed by atoms with van der Waals surface area (Å²) in [6, 6.07) is 8.37. The molecule has 0 atom stereocenters. The lowest BCUT2D eigenvalue weighted by molar-refractivity contribution is 0.0988. The molecule has 4 rings (SSSR count). The van der Waals surface area contributed by atoms with Crippen molar-refractivity contribution in [3.8, 4) is 0 Å². The van der Waals surface area contributed by atoms with Crippen molar-refractivity contribution in [2.45, 2.75) is 52.5 Å². The molecule has 0 N–H and O–H groups in total. The minimum atomic E-state index is 0.193. The first-order chi connectivity index (χ1) is 12.7. The van der Waals surface area contributed by atoms with Crippen LogP contribution in [0, 0.1) is 0 Å². The Labute approximate surface area is 154 Å². The molecule has 0 aliphatic carbocycles. The highest BCUT2D eigenvalue weighted by molar-refractivity contribution is 6.04. The van der Waals surface area contributed by atoms with E-state index in [0.717, 1.165) is 41.9 Å². The van der Waals surface area contributed by atoms with Crippen LogP contribution in [0.5, 0.6) is 0 Å². The van der Waals surface area contributed by atoms with Gasteiger partial charge in [-0.05, 0) is 44.5 Å². The molecule has 3 heterocycles. The van der Waals surface area contributed by atoms with E-state index in [9.17, 15) is 4.79 Å². The Balaban J connectivity index is 1.84. The van der Waals surface area contributed by atoms with Crippen molar-refractivity contribution in [1.82, 2.24) is 19.1 Å². The molecule has 0 bridgehead atoms. The lowest BCUT2D eigenvalue weighted by Gasteiger charge is -2.26. The number of benzene rings is 1. The summed E-state index contributed by atoms with van der Waals surface area (Å²) in [4.78, 5) is 15.3. The minimum absolute atomic E-state index is 0.193. The third kappa shape index (κ3) is 2.84. The third-order valence-corrected chi connectivity index (χ3v) is 5.61. The Morgan fingerprint density at radius 3 is 2.46 bits per heavy atom. The van der Waals surface area contributed by atoms with Crippen molar-refractivity contribution < 1.29 is 4.79 Å². The number of carbonyl (C=O) groups is 1. The van der Waals surface area contributed by atoms with Crippen LogP contribution in [0.4, 0.5) is 0 Å². The average molecular weight is 352 g/mol. The van der Waals surface area contributed by atoms with Crippen LogP contribution in [-0.4, -0.2) is 44.5 Å². The van der Waals surface area contributed by atoms with E-state index in [0.29, 0.717) is 6.42 Å². The van der Waals surface area contributed by atoms with Gasteiger partial charge in [0, 0.05) is 19.5 Å². The molecule has 1 aliphatic rings. The summed E-state index contributed by atoms with van der Waals surface area (Å²) in [7, 11) is 0. The average Bonchev–Trinajstić information content (AvgIpc) is 3.21. The standard InChI is InChI=1S/C21H28N4O/c1-3-16-20(19(26)4-2)21-24(15-14-23-12-8-5-9-13-23)17-10-6-7-11-18(17)25(21)22-16/h6-7,10-11H,3-5,8-9,12-15H2,1-2H3. The molecular weight excluding hydrogens is 324 g/mol. The summed E-state index contributed by atoms with van der Waals surface area (Å²) in [6.45, 7) is 8.32. The number of Topliss-reactive ketones (excluding diaryl/α,β-unsaturated/α-hetero) is 1. The molecule has 1 aliphatic heterocycles. The van der Waals surface area contributed by atoms with Crippen molar-refractivity contribution in [3.05, 3.63) is 35.5 Å². The SMILES string of the molecule is CCC(=O)c1c(CC)nn2c3ccccc3n(CCN3CCCCC3)c12. The number of hydrogen-bond acceptors (Lipinski definition) is 3. The van der Waals surface area contributed by atoms with Crippen LogP contribution in [0.15, 0.2) is 24.3 Å². The van der Waals surface area contributed by atoms with Crippen molar-refractivity contribution in [1.29, 1.82) is 0 Å². The topological polar surface area (TPSA) is 42.5 Å². The highest BCUT2D eigenvalue weighted by atomic mass is 16.1. The summed E-state index contributed by atoms with van der Waals surface area (Å²) in [6.07, 6.45) is 5.25. The second kappa shape index (κ2) is 7.23. The zero-order chi connectivity index (χ0) is 18.1. The maximum atomic E-state index is 12.7. The van der Waals surface area contributed by atoms with E-state index in [4.69, 9.17) is 5.10 Å². The molecule has 26 heavy (non-hydrogen) atoms. The van der Waals surface area contributed by atoms with Gasteiger partial charge in [0.1, 0.15) is 5.65 Å². The predicted octanol–water partition coefficient (Wildman–Crippen LogP) is 3.93. The number of para-hydroxylation sites is 2. The van der Waals surface area contributed by atoms with Gasteiger partial charge >= 0.3 is 0 Å². The van der Waals surface area contributed by atoms with Gasteiger partial charge in [-0.2, -0.15) is 5.10 Å². The zero-order valence-corrected chi connectivity index (χ0v) is 15.9. The zero-order valence-electron chi connectivity index (χ0n) is 15.9. The second-order valence-corrected chi connectivity index (χ2v) is 7.23. The number of rotatable bonds is 6. The van der Waals surface area contributed by atoms with Crippen LogP contribution in [0.3, 0.4) is 0 Å². The molecule has 1 saturated heterocycles. The van der Waals surface area contributed by atoms with Crippen molar-refractivity contribution in [2.24, 2.45) is 0 Å². The molecule has 0 amide bonds. The lowest BCUT2D eigenvalue weighted by Crippen LogP contribution is -2.32. The van der Waals surface area contributed by atoms with Gasteiger partial charge in [-0.3, -0.25) is 4.79 Å². The highest BCUT2D eigenvalue weighted by Gasteiger charge is 2.24. The van der Waals surface area contributed by atoms with Crippen LogP contribution in [0.2, 0.25) is 0 Å². The number of fused-ring (bicyclic) bond motifs is 3. The number of imidazole rings is 1. The number of piperidine rings is 1. The Kier molecular flexibility index (Phi) is 4.81.